The molecule has 3 aromatic rings. The van der Waals surface area contributed by atoms with Gasteiger partial charge in [0.15, 0.2) is 11.5 Å². The molecular weight excluding hydrogens is 396 g/mol. The Kier molecular flexibility index (Phi) is 6.03. The Morgan fingerprint density at radius 3 is 2.58 bits per heavy atom. The molecule has 2 heterocycles. The van der Waals surface area contributed by atoms with Gasteiger partial charge in [-0.05, 0) is 48.9 Å². The zero-order valence-electron chi connectivity index (χ0n) is 17.0. The number of hydrogen-bond donors (Lipinski definition) is 1. The Hall–Kier alpha value is -4.00. The average Bonchev–Trinajstić information content (AvgIpc) is 3.48. The summed E-state index contributed by atoms with van der Waals surface area (Å²) in [4.78, 5) is 27.7. The lowest BCUT2D eigenvalue weighted by Crippen LogP contribution is -2.38. The van der Waals surface area contributed by atoms with E-state index in [9.17, 15) is 9.59 Å². The Bertz CT molecular complexity index is 1090. The van der Waals surface area contributed by atoms with Crippen molar-refractivity contribution in [2.24, 2.45) is 0 Å². The quantitative estimate of drug-likeness (QED) is 0.590. The molecule has 2 aromatic carbocycles. The van der Waals surface area contributed by atoms with E-state index in [1.807, 2.05) is 31.2 Å². The Morgan fingerprint density at radius 2 is 1.84 bits per heavy atom. The summed E-state index contributed by atoms with van der Waals surface area (Å²) in [6, 6.07) is 17.8. The van der Waals surface area contributed by atoms with Gasteiger partial charge in [0.2, 0.25) is 6.79 Å². The highest BCUT2D eigenvalue weighted by Gasteiger charge is 2.22. The van der Waals surface area contributed by atoms with Gasteiger partial charge in [-0.2, -0.15) is 0 Å². The average molecular weight is 418 g/mol. The molecule has 1 aliphatic rings. The Labute approximate surface area is 179 Å². The van der Waals surface area contributed by atoms with Crippen LogP contribution >= 0.6 is 0 Å². The molecule has 0 fully saturated rings. The molecule has 31 heavy (non-hydrogen) atoms. The predicted octanol–water partition coefficient (Wildman–Crippen LogP) is 3.83. The number of ether oxygens (including phenoxy) is 2. The predicted molar refractivity (Wildman–Crippen MR) is 114 cm³/mol. The largest absolute Gasteiger partial charge is 0.465 e. The topological polar surface area (TPSA) is 81.0 Å². The lowest BCUT2D eigenvalue weighted by atomic mass is 10.1. The zero-order chi connectivity index (χ0) is 21.6. The fourth-order valence-electron chi connectivity index (χ4n) is 3.21. The number of benzene rings is 2. The summed E-state index contributed by atoms with van der Waals surface area (Å²) in [5.41, 5.74) is 1.48. The van der Waals surface area contributed by atoms with Crippen molar-refractivity contribution in [2.75, 3.05) is 13.3 Å². The van der Waals surface area contributed by atoms with Crippen LogP contribution in [0.4, 0.5) is 0 Å². The van der Waals surface area contributed by atoms with Crippen LogP contribution in [0.1, 0.15) is 28.6 Å². The van der Waals surface area contributed by atoms with Crippen LogP contribution in [0.5, 0.6) is 11.5 Å². The molecule has 0 atom stereocenters. The van der Waals surface area contributed by atoms with Crippen molar-refractivity contribution in [3.63, 3.8) is 0 Å². The van der Waals surface area contributed by atoms with Crippen LogP contribution in [0, 0.1) is 0 Å². The first-order chi connectivity index (χ1) is 15.1. The summed E-state index contributed by atoms with van der Waals surface area (Å²) in [5.74, 6) is 1.12. The molecular formula is C24H22N2O5. The summed E-state index contributed by atoms with van der Waals surface area (Å²) in [5, 5.41) is 2.74. The molecule has 0 spiro atoms. The lowest BCUT2D eigenvalue weighted by Gasteiger charge is -2.23. The molecule has 1 N–H and O–H groups in total. The van der Waals surface area contributed by atoms with Crippen molar-refractivity contribution in [1.82, 2.24) is 10.2 Å². The number of hydrogen-bond acceptors (Lipinski definition) is 5. The van der Waals surface area contributed by atoms with Crippen LogP contribution in [0.2, 0.25) is 0 Å². The van der Waals surface area contributed by atoms with Crippen LogP contribution in [0.15, 0.2) is 77.0 Å². The van der Waals surface area contributed by atoms with E-state index in [2.05, 4.69) is 5.32 Å². The van der Waals surface area contributed by atoms with Crippen molar-refractivity contribution < 1.29 is 23.5 Å². The maximum atomic E-state index is 13.4. The third kappa shape index (κ3) is 4.78. The Morgan fingerprint density at radius 1 is 1.03 bits per heavy atom. The molecule has 2 amide bonds. The zero-order valence-corrected chi connectivity index (χ0v) is 17.0. The molecule has 0 saturated heterocycles. The minimum Gasteiger partial charge on any atom is -0.465 e. The van der Waals surface area contributed by atoms with Crippen molar-refractivity contribution >= 4 is 17.9 Å². The van der Waals surface area contributed by atoms with E-state index in [0.29, 0.717) is 35.9 Å². The number of fused-ring (bicyclic) bond motifs is 1. The summed E-state index contributed by atoms with van der Waals surface area (Å²) < 4.78 is 16.1. The number of likely N-dealkylation sites (N-methyl/N-ethyl adjacent to an activating group) is 1. The number of rotatable bonds is 7. The number of amides is 2. The fourth-order valence-corrected chi connectivity index (χ4v) is 3.21. The third-order valence-corrected chi connectivity index (χ3v) is 4.82. The van der Waals surface area contributed by atoms with Gasteiger partial charge in [-0.3, -0.25) is 9.59 Å². The van der Waals surface area contributed by atoms with Crippen LogP contribution in [-0.2, 0) is 11.3 Å². The molecule has 7 nitrogen and oxygen atoms in total. The highest BCUT2D eigenvalue weighted by atomic mass is 16.7. The van der Waals surface area contributed by atoms with E-state index in [1.54, 1.807) is 41.3 Å². The van der Waals surface area contributed by atoms with Gasteiger partial charge < -0.3 is 24.1 Å². The van der Waals surface area contributed by atoms with Gasteiger partial charge in [-0.25, -0.2) is 0 Å². The van der Waals surface area contributed by atoms with Gasteiger partial charge in [-0.1, -0.05) is 24.3 Å². The highest BCUT2D eigenvalue weighted by molar-refractivity contribution is 6.05. The van der Waals surface area contributed by atoms with E-state index in [0.717, 1.165) is 5.56 Å². The SMILES string of the molecule is CCN(Cc1ccc2c(c1)OCO2)C(=O)/C(=C/c1ccco1)NC(=O)c1ccccc1. The second-order valence-electron chi connectivity index (χ2n) is 6.90. The molecule has 1 aliphatic heterocycles. The van der Waals surface area contributed by atoms with Gasteiger partial charge in [0.25, 0.3) is 11.8 Å². The summed E-state index contributed by atoms with van der Waals surface area (Å²) in [6.07, 6.45) is 3.04. The lowest BCUT2D eigenvalue weighted by molar-refractivity contribution is -0.127. The van der Waals surface area contributed by atoms with E-state index < -0.39 is 0 Å². The number of furan rings is 1. The van der Waals surface area contributed by atoms with Gasteiger partial charge in [0, 0.05) is 24.7 Å². The van der Waals surface area contributed by atoms with Crippen LogP contribution in [0.25, 0.3) is 6.08 Å². The maximum absolute atomic E-state index is 13.4. The smallest absolute Gasteiger partial charge is 0.270 e. The van der Waals surface area contributed by atoms with E-state index in [-0.39, 0.29) is 24.3 Å². The van der Waals surface area contributed by atoms with Crippen molar-refractivity contribution in [1.29, 1.82) is 0 Å². The molecule has 1 aromatic heterocycles. The fraction of sp³-hybridized carbons (Fsp3) is 0.167. The highest BCUT2D eigenvalue weighted by Crippen LogP contribution is 2.32. The van der Waals surface area contributed by atoms with E-state index in [1.165, 1.54) is 12.3 Å². The number of carbonyl (C=O) groups excluding carboxylic acids is 2. The summed E-state index contributed by atoms with van der Waals surface area (Å²) in [6.45, 7) is 2.87. The van der Waals surface area contributed by atoms with E-state index in [4.69, 9.17) is 13.9 Å². The standard InChI is InChI=1S/C24H22N2O5/c1-2-26(15-17-10-11-21-22(13-17)31-16-30-21)24(28)20(14-19-9-6-12-29-19)25-23(27)18-7-4-3-5-8-18/h3-14H,2,15-16H2,1H3,(H,25,27)/b20-14-. The first-order valence-electron chi connectivity index (χ1n) is 9.93. The molecule has 0 radical (unpaired) electrons. The molecule has 0 unspecified atom stereocenters. The van der Waals surface area contributed by atoms with Crippen LogP contribution in [-0.4, -0.2) is 30.1 Å². The van der Waals surface area contributed by atoms with Gasteiger partial charge in [-0.15, -0.1) is 0 Å². The Balaban J connectivity index is 1.57. The summed E-state index contributed by atoms with van der Waals surface area (Å²) in [7, 11) is 0. The molecule has 7 heteroatoms. The van der Waals surface area contributed by atoms with Crippen molar-refractivity contribution in [2.45, 2.75) is 13.5 Å². The molecule has 0 aliphatic carbocycles. The number of carbonyl (C=O) groups is 2. The first kappa shape index (κ1) is 20.3. The van der Waals surface area contributed by atoms with Gasteiger partial charge in [0.1, 0.15) is 11.5 Å². The van der Waals surface area contributed by atoms with Gasteiger partial charge >= 0.3 is 0 Å². The van der Waals surface area contributed by atoms with E-state index >= 15 is 0 Å². The molecule has 0 bridgehead atoms. The third-order valence-electron chi connectivity index (χ3n) is 4.82. The summed E-state index contributed by atoms with van der Waals surface area (Å²) >= 11 is 0. The van der Waals surface area contributed by atoms with Crippen LogP contribution < -0.4 is 14.8 Å². The molecule has 0 saturated carbocycles. The monoisotopic (exact) mass is 418 g/mol. The van der Waals surface area contributed by atoms with Crippen molar-refractivity contribution in [3.8, 4) is 11.5 Å². The number of nitrogens with one attached hydrogen (secondary N) is 1. The number of nitrogens with zero attached hydrogens (tertiary/aromatic N) is 1. The molecule has 158 valence electrons. The minimum atomic E-state index is -0.370. The first-order valence-corrected chi connectivity index (χ1v) is 9.93. The second-order valence-corrected chi connectivity index (χ2v) is 6.90. The minimum absolute atomic E-state index is 0.131. The van der Waals surface area contributed by atoms with Gasteiger partial charge in [0.05, 0.1) is 6.26 Å². The van der Waals surface area contributed by atoms with Crippen LogP contribution in [0.3, 0.4) is 0 Å². The second kappa shape index (κ2) is 9.21. The maximum Gasteiger partial charge on any atom is 0.270 e. The normalized spacial score (nSPS) is 12.5. The molecule has 4 rings (SSSR count). The van der Waals surface area contributed by atoms with Crippen molar-refractivity contribution in [3.05, 3.63) is 89.5 Å².